The molecule has 0 aliphatic carbocycles. The average molecular weight is 374 g/mol. The summed E-state index contributed by atoms with van der Waals surface area (Å²) in [6.45, 7) is 5.08. The van der Waals surface area contributed by atoms with E-state index in [2.05, 4.69) is 27.4 Å². The van der Waals surface area contributed by atoms with E-state index in [4.69, 9.17) is 0 Å². The average Bonchev–Trinajstić information content (AvgIpc) is 3.14. The van der Waals surface area contributed by atoms with Gasteiger partial charge in [0.1, 0.15) is 6.54 Å². The van der Waals surface area contributed by atoms with Gasteiger partial charge in [-0.05, 0) is 32.4 Å². The molecule has 2 rings (SSSR count). The van der Waals surface area contributed by atoms with Gasteiger partial charge in [-0.1, -0.05) is 6.92 Å². The summed E-state index contributed by atoms with van der Waals surface area (Å²) in [4.78, 5) is 20.1. The lowest BCUT2D eigenvalue weighted by atomic mass is 10.2. The van der Waals surface area contributed by atoms with Crippen molar-refractivity contribution in [3.05, 3.63) is 0 Å². The summed E-state index contributed by atoms with van der Waals surface area (Å²) >= 11 is 0. The molecule has 0 radical (unpaired) electrons. The van der Waals surface area contributed by atoms with Crippen molar-refractivity contribution in [1.29, 1.82) is 0 Å². The molecule has 0 aromatic carbocycles. The highest BCUT2D eigenvalue weighted by Crippen LogP contribution is 2.15. The normalized spacial score (nSPS) is 26.6. The van der Waals surface area contributed by atoms with Crippen LogP contribution >= 0.6 is 0 Å². The minimum Gasteiger partial charge on any atom is -0.355 e. The molecule has 2 fully saturated rings. The van der Waals surface area contributed by atoms with Crippen molar-refractivity contribution in [1.82, 2.24) is 20.4 Å². The van der Waals surface area contributed by atoms with E-state index in [-0.39, 0.29) is 30.0 Å². The summed E-state index contributed by atoms with van der Waals surface area (Å²) < 4.78 is 23.3. The van der Waals surface area contributed by atoms with Crippen LogP contribution in [0.25, 0.3) is 0 Å². The lowest BCUT2D eigenvalue weighted by Crippen LogP contribution is -2.48. The molecule has 0 saturated carbocycles. The molecule has 144 valence electrons. The molecular formula is C16H31N5O3S. The molecule has 0 aromatic heterocycles. The monoisotopic (exact) mass is 373 g/mol. The maximum Gasteiger partial charge on any atom is 0.243 e. The van der Waals surface area contributed by atoms with Crippen LogP contribution < -0.4 is 10.6 Å². The molecule has 25 heavy (non-hydrogen) atoms. The molecule has 2 atom stereocenters. The number of guanidine groups is 1. The van der Waals surface area contributed by atoms with Gasteiger partial charge in [0, 0.05) is 32.7 Å². The molecule has 8 nitrogen and oxygen atoms in total. The summed E-state index contributed by atoms with van der Waals surface area (Å²) in [7, 11) is 0.430. The number of likely N-dealkylation sites (tertiary alicyclic amines) is 1. The number of aliphatic imine (C=N–C) groups is 1. The number of amides is 1. The molecule has 2 aliphatic rings. The summed E-state index contributed by atoms with van der Waals surface area (Å²) in [6.07, 6.45) is 2.91. The van der Waals surface area contributed by atoms with Crippen LogP contribution in [0.15, 0.2) is 4.99 Å². The second-order valence-corrected chi connectivity index (χ2v) is 9.23. The summed E-state index contributed by atoms with van der Waals surface area (Å²) in [5.74, 6) is 0.775. The van der Waals surface area contributed by atoms with Crippen LogP contribution in [-0.2, 0) is 14.6 Å². The van der Waals surface area contributed by atoms with Gasteiger partial charge in [-0.25, -0.2) is 13.4 Å². The first-order valence-electron chi connectivity index (χ1n) is 9.00. The first kappa shape index (κ1) is 20.0. The van der Waals surface area contributed by atoms with Crippen molar-refractivity contribution in [2.45, 2.75) is 38.3 Å². The number of hydrogen-bond acceptors (Lipinski definition) is 5. The van der Waals surface area contributed by atoms with Crippen molar-refractivity contribution < 1.29 is 13.2 Å². The molecule has 0 spiro atoms. The van der Waals surface area contributed by atoms with Gasteiger partial charge in [0.05, 0.1) is 11.5 Å². The number of likely N-dealkylation sites (N-methyl/N-ethyl adjacent to an activating group) is 2. The highest BCUT2D eigenvalue weighted by atomic mass is 32.2. The third-order valence-electron chi connectivity index (χ3n) is 4.85. The molecule has 2 aliphatic heterocycles. The van der Waals surface area contributed by atoms with Crippen molar-refractivity contribution in [2.75, 3.05) is 51.8 Å². The molecular weight excluding hydrogens is 342 g/mol. The van der Waals surface area contributed by atoms with E-state index in [1.165, 1.54) is 11.3 Å². The standard InChI is InChI=1S/C16H31N5O3S/c1-4-21-8-5-6-14(21)10-17-16(18-11-15(22)20(2)3)19-13-7-9-25(23,24)12-13/h13-14H,4-12H2,1-3H3,(H2,17,18,19). The minimum atomic E-state index is -2.96. The molecule has 0 bridgehead atoms. The number of sulfone groups is 1. The zero-order chi connectivity index (χ0) is 18.4. The predicted molar refractivity (Wildman–Crippen MR) is 99.5 cm³/mol. The molecule has 1 amide bonds. The number of carbonyl (C=O) groups is 1. The summed E-state index contributed by atoms with van der Waals surface area (Å²) in [5.41, 5.74) is 0. The molecule has 2 N–H and O–H groups in total. The van der Waals surface area contributed by atoms with Crippen molar-refractivity contribution in [2.24, 2.45) is 4.99 Å². The maximum absolute atomic E-state index is 11.8. The van der Waals surface area contributed by atoms with Gasteiger partial charge >= 0.3 is 0 Å². The number of nitrogens with one attached hydrogen (secondary N) is 2. The fourth-order valence-corrected chi connectivity index (χ4v) is 4.97. The van der Waals surface area contributed by atoms with Gasteiger partial charge in [-0.3, -0.25) is 9.69 Å². The Kier molecular flexibility index (Phi) is 7.06. The van der Waals surface area contributed by atoms with Gasteiger partial charge < -0.3 is 15.5 Å². The first-order valence-corrected chi connectivity index (χ1v) is 10.8. The quantitative estimate of drug-likeness (QED) is 0.471. The predicted octanol–water partition coefficient (Wildman–Crippen LogP) is -0.719. The van der Waals surface area contributed by atoms with E-state index in [1.807, 2.05) is 0 Å². The van der Waals surface area contributed by atoms with Gasteiger partial charge in [0.15, 0.2) is 15.8 Å². The lowest BCUT2D eigenvalue weighted by Gasteiger charge is -2.25. The van der Waals surface area contributed by atoms with Gasteiger partial charge in [-0.15, -0.1) is 0 Å². The molecule has 2 heterocycles. The Morgan fingerprint density at radius 3 is 2.68 bits per heavy atom. The molecule has 2 unspecified atom stereocenters. The molecule has 9 heteroatoms. The third-order valence-corrected chi connectivity index (χ3v) is 6.62. The number of carbonyl (C=O) groups excluding carboxylic acids is 1. The third kappa shape index (κ3) is 6.14. The molecule has 0 aromatic rings. The number of rotatable bonds is 6. The van der Waals surface area contributed by atoms with E-state index in [0.717, 1.165) is 26.1 Å². The Bertz CT molecular complexity index is 591. The Hall–Kier alpha value is -1.35. The second kappa shape index (κ2) is 8.84. The van der Waals surface area contributed by atoms with Crippen LogP contribution in [0.4, 0.5) is 0 Å². The Balaban J connectivity index is 1.96. The fourth-order valence-electron chi connectivity index (χ4n) is 3.30. The Morgan fingerprint density at radius 1 is 1.32 bits per heavy atom. The van der Waals surface area contributed by atoms with Gasteiger partial charge in [0.25, 0.3) is 0 Å². The van der Waals surface area contributed by atoms with Crippen LogP contribution in [0.5, 0.6) is 0 Å². The topological polar surface area (TPSA) is 94.1 Å². The van der Waals surface area contributed by atoms with Crippen molar-refractivity contribution in [3.8, 4) is 0 Å². The van der Waals surface area contributed by atoms with Gasteiger partial charge in [0.2, 0.25) is 5.91 Å². The van der Waals surface area contributed by atoms with E-state index < -0.39 is 9.84 Å². The van der Waals surface area contributed by atoms with Gasteiger partial charge in [-0.2, -0.15) is 0 Å². The van der Waals surface area contributed by atoms with E-state index in [9.17, 15) is 13.2 Å². The minimum absolute atomic E-state index is 0.0456. The van der Waals surface area contributed by atoms with E-state index in [0.29, 0.717) is 18.4 Å². The zero-order valence-electron chi connectivity index (χ0n) is 15.5. The van der Waals surface area contributed by atoms with Crippen LogP contribution in [-0.4, -0.2) is 93.9 Å². The highest BCUT2D eigenvalue weighted by Gasteiger charge is 2.29. The first-order chi connectivity index (χ1) is 11.8. The van der Waals surface area contributed by atoms with Crippen molar-refractivity contribution in [3.63, 3.8) is 0 Å². The largest absolute Gasteiger partial charge is 0.355 e. The Labute approximate surface area is 151 Å². The highest BCUT2D eigenvalue weighted by molar-refractivity contribution is 7.91. The SMILES string of the molecule is CCN1CCCC1CNC(=NCC(=O)N(C)C)NC1CCS(=O)(=O)C1. The van der Waals surface area contributed by atoms with E-state index in [1.54, 1.807) is 14.1 Å². The Morgan fingerprint density at radius 2 is 2.08 bits per heavy atom. The fraction of sp³-hybridized carbons (Fsp3) is 0.875. The number of hydrogen-bond donors (Lipinski definition) is 2. The maximum atomic E-state index is 11.8. The number of nitrogens with zero attached hydrogens (tertiary/aromatic N) is 3. The van der Waals surface area contributed by atoms with Crippen molar-refractivity contribution >= 4 is 21.7 Å². The summed E-state index contributed by atoms with van der Waals surface area (Å²) in [5, 5.41) is 6.50. The van der Waals surface area contributed by atoms with Crippen LogP contribution in [0.1, 0.15) is 26.2 Å². The molecule has 2 saturated heterocycles. The lowest BCUT2D eigenvalue weighted by molar-refractivity contribution is -0.127. The van der Waals surface area contributed by atoms with E-state index >= 15 is 0 Å². The smallest absolute Gasteiger partial charge is 0.243 e. The second-order valence-electron chi connectivity index (χ2n) is 7.00. The van der Waals surface area contributed by atoms with Crippen LogP contribution in [0, 0.1) is 0 Å². The zero-order valence-corrected chi connectivity index (χ0v) is 16.3. The van der Waals surface area contributed by atoms with Crippen LogP contribution in [0.3, 0.4) is 0 Å². The summed E-state index contributed by atoms with van der Waals surface area (Å²) in [6, 6.07) is 0.311. The van der Waals surface area contributed by atoms with Crippen LogP contribution in [0.2, 0.25) is 0 Å².